The molecule has 17 heavy (non-hydrogen) atoms. The first-order valence-electron chi connectivity index (χ1n) is 5.23. The van der Waals surface area contributed by atoms with E-state index in [1.54, 1.807) is 31.2 Å². The number of amides is 1. The van der Waals surface area contributed by atoms with Gasteiger partial charge in [0.2, 0.25) is 0 Å². The summed E-state index contributed by atoms with van der Waals surface area (Å²) in [7, 11) is 0. The van der Waals surface area contributed by atoms with Gasteiger partial charge in [-0.15, -0.1) is 0 Å². The summed E-state index contributed by atoms with van der Waals surface area (Å²) in [6.07, 6.45) is 1.44. The SMILES string of the molecule is Cc1cc(CNC(=O)c2ccco2)ccc1F. The van der Waals surface area contributed by atoms with Gasteiger partial charge in [-0.05, 0) is 36.2 Å². The van der Waals surface area contributed by atoms with Crippen LogP contribution in [0.1, 0.15) is 21.7 Å². The minimum absolute atomic E-state index is 0.244. The molecule has 88 valence electrons. The average molecular weight is 233 g/mol. The molecule has 1 aromatic carbocycles. The molecule has 1 N–H and O–H groups in total. The fraction of sp³-hybridized carbons (Fsp3) is 0.154. The van der Waals surface area contributed by atoms with Crippen LogP contribution >= 0.6 is 0 Å². The highest BCUT2D eigenvalue weighted by atomic mass is 19.1. The number of rotatable bonds is 3. The molecule has 1 heterocycles. The van der Waals surface area contributed by atoms with Gasteiger partial charge in [0.1, 0.15) is 5.82 Å². The van der Waals surface area contributed by atoms with Crippen molar-refractivity contribution in [3.8, 4) is 0 Å². The van der Waals surface area contributed by atoms with E-state index in [0.29, 0.717) is 12.1 Å². The zero-order chi connectivity index (χ0) is 12.3. The molecule has 2 aromatic rings. The van der Waals surface area contributed by atoms with Crippen LogP contribution in [0.2, 0.25) is 0 Å². The summed E-state index contributed by atoms with van der Waals surface area (Å²) >= 11 is 0. The van der Waals surface area contributed by atoms with Crippen molar-refractivity contribution in [1.82, 2.24) is 5.32 Å². The van der Waals surface area contributed by atoms with Crippen LogP contribution < -0.4 is 5.32 Å². The summed E-state index contributed by atoms with van der Waals surface area (Å²) in [5.74, 6) is -0.257. The van der Waals surface area contributed by atoms with Gasteiger partial charge in [0.15, 0.2) is 5.76 Å². The molecule has 0 fully saturated rings. The lowest BCUT2D eigenvalue weighted by Gasteiger charge is -2.05. The van der Waals surface area contributed by atoms with Gasteiger partial charge in [-0.25, -0.2) is 4.39 Å². The van der Waals surface area contributed by atoms with E-state index in [9.17, 15) is 9.18 Å². The highest BCUT2D eigenvalue weighted by Crippen LogP contribution is 2.09. The van der Waals surface area contributed by atoms with E-state index < -0.39 is 0 Å². The maximum absolute atomic E-state index is 13.0. The molecular formula is C13H12FNO2. The summed E-state index contributed by atoms with van der Waals surface area (Å²) in [4.78, 5) is 11.6. The van der Waals surface area contributed by atoms with Crippen LogP contribution in [0.25, 0.3) is 0 Å². The van der Waals surface area contributed by atoms with Crippen LogP contribution in [-0.2, 0) is 6.54 Å². The second kappa shape index (κ2) is 4.82. The lowest BCUT2D eigenvalue weighted by molar-refractivity contribution is 0.0923. The Balaban J connectivity index is 1.98. The molecule has 1 aromatic heterocycles. The molecule has 0 spiro atoms. The van der Waals surface area contributed by atoms with Crippen LogP contribution in [0, 0.1) is 12.7 Å². The third-order valence-corrected chi connectivity index (χ3v) is 2.42. The Labute approximate surface area is 98.3 Å². The van der Waals surface area contributed by atoms with E-state index in [0.717, 1.165) is 5.56 Å². The standard InChI is InChI=1S/C13H12FNO2/c1-9-7-10(4-5-11(9)14)8-15-13(16)12-3-2-6-17-12/h2-7H,8H2,1H3,(H,15,16). The molecule has 0 aliphatic heterocycles. The maximum atomic E-state index is 13.0. The number of carbonyl (C=O) groups excluding carboxylic acids is 1. The number of nitrogens with one attached hydrogen (secondary N) is 1. The van der Waals surface area contributed by atoms with Crippen molar-refractivity contribution >= 4 is 5.91 Å². The Morgan fingerprint density at radius 1 is 1.41 bits per heavy atom. The Hall–Kier alpha value is -2.10. The Morgan fingerprint density at radius 2 is 2.24 bits per heavy atom. The van der Waals surface area contributed by atoms with Crippen LogP contribution in [-0.4, -0.2) is 5.91 Å². The summed E-state index contributed by atoms with van der Waals surface area (Å²) in [5, 5.41) is 2.69. The zero-order valence-corrected chi connectivity index (χ0v) is 9.37. The molecule has 1 amide bonds. The number of aryl methyl sites for hydroxylation is 1. The second-order valence-electron chi connectivity index (χ2n) is 3.74. The number of carbonyl (C=O) groups is 1. The van der Waals surface area contributed by atoms with Crippen molar-refractivity contribution in [2.24, 2.45) is 0 Å². The lowest BCUT2D eigenvalue weighted by Crippen LogP contribution is -2.22. The van der Waals surface area contributed by atoms with Crippen LogP contribution in [0.3, 0.4) is 0 Å². The maximum Gasteiger partial charge on any atom is 0.287 e. The van der Waals surface area contributed by atoms with E-state index in [2.05, 4.69) is 5.32 Å². The van der Waals surface area contributed by atoms with Crippen LogP contribution in [0.5, 0.6) is 0 Å². The fourth-order valence-corrected chi connectivity index (χ4v) is 1.49. The van der Waals surface area contributed by atoms with E-state index >= 15 is 0 Å². The quantitative estimate of drug-likeness (QED) is 0.885. The third-order valence-electron chi connectivity index (χ3n) is 2.42. The smallest absolute Gasteiger partial charge is 0.287 e. The van der Waals surface area contributed by atoms with Gasteiger partial charge in [-0.1, -0.05) is 12.1 Å². The molecule has 0 radical (unpaired) electrons. The van der Waals surface area contributed by atoms with E-state index in [-0.39, 0.29) is 17.5 Å². The molecule has 0 atom stereocenters. The monoisotopic (exact) mass is 233 g/mol. The van der Waals surface area contributed by atoms with Gasteiger partial charge in [0.25, 0.3) is 5.91 Å². The van der Waals surface area contributed by atoms with Crippen molar-refractivity contribution < 1.29 is 13.6 Å². The van der Waals surface area contributed by atoms with Crippen LogP contribution in [0.4, 0.5) is 4.39 Å². The third kappa shape index (κ3) is 2.72. The molecule has 0 saturated carbocycles. The Kier molecular flexibility index (Phi) is 3.23. The summed E-state index contributed by atoms with van der Waals surface area (Å²) in [6.45, 7) is 2.04. The van der Waals surface area contributed by atoms with Crippen molar-refractivity contribution in [1.29, 1.82) is 0 Å². The van der Waals surface area contributed by atoms with E-state index in [4.69, 9.17) is 4.42 Å². The minimum atomic E-state index is -0.281. The zero-order valence-electron chi connectivity index (χ0n) is 9.37. The van der Waals surface area contributed by atoms with Crippen molar-refractivity contribution in [3.63, 3.8) is 0 Å². The molecule has 0 aliphatic rings. The highest BCUT2D eigenvalue weighted by molar-refractivity contribution is 5.91. The number of hydrogen-bond donors (Lipinski definition) is 1. The van der Waals surface area contributed by atoms with Gasteiger partial charge < -0.3 is 9.73 Å². The first-order chi connectivity index (χ1) is 8.16. The van der Waals surface area contributed by atoms with Gasteiger partial charge >= 0.3 is 0 Å². The van der Waals surface area contributed by atoms with E-state index in [1.807, 2.05) is 0 Å². The van der Waals surface area contributed by atoms with Gasteiger partial charge in [0, 0.05) is 6.54 Å². The normalized spacial score (nSPS) is 10.2. The number of benzene rings is 1. The number of furan rings is 1. The topological polar surface area (TPSA) is 42.2 Å². The van der Waals surface area contributed by atoms with Crippen molar-refractivity contribution in [2.75, 3.05) is 0 Å². The molecule has 3 nitrogen and oxygen atoms in total. The summed E-state index contributed by atoms with van der Waals surface area (Å²) < 4.78 is 18.0. The number of halogens is 1. The molecule has 2 rings (SSSR count). The second-order valence-corrected chi connectivity index (χ2v) is 3.74. The molecule has 0 aliphatic carbocycles. The minimum Gasteiger partial charge on any atom is -0.459 e. The first kappa shape index (κ1) is 11.4. The molecule has 0 bridgehead atoms. The van der Waals surface area contributed by atoms with E-state index in [1.165, 1.54) is 12.3 Å². The molecule has 0 unspecified atom stereocenters. The molecule has 4 heteroatoms. The van der Waals surface area contributed by atoms with Crippen molar-refractivity contribution in [3.05, 3.63) is 59.3 Å². The predicted molar refractivity (Wildman–Crippen MR) is 61.0 cm³/mol. The van der Waals surface area contributed by atoms with Crippen molar-refractivity contribution in [2.45, 2.75) is 13.5 Å². The van der Waals surface area contributed by atoms with Gasteiger partial charge in [-0.2, -0.15) is 0 Å². The summed E-state index contributed by atoms with van der Waals surface area (Å²) in [6, 6.07) is 7.98. The predicted octanol–water partition coefficient (Wildman–Crippen LogP) is 2.66. The molecular weight excluding hydrogens is 221 g/mol. The lowest BCUT2D eigenvalue weighted by atomic mass is 10.1. The molecule has 0 saturated heterocycles. The first-order valence-corrected chi connectivity index (χ1v) is 5.23. The highest BCUT2D eigenvalue weighted by Gasteiger charge is 2.07. The fourth-order valence-electron chi connectivity index (χ4n) is 1.49. The Morgan fingerprint density at radius 3 is 2.88 bits per heavy atom. The largest absolute Gasteiger partial charge is 0.459 e. The Bertz CT molecular complexity index is 520. The van der Waals surface area contributed by atoms with Gasteiger partial charge in [-0.3, -0.25) is 4.79 Å². The van der Waals surface area contributed by atoms with Gasteiger partial charge in [0.05, 0.1) is 6.26 Å². The van der Waals surface area contributed by atoms with Crippen LogP contribution in [0.15, 0.2) is 41.0 Å². The average Bonchev–Trinajstić information content (AvgIpc) is 2.84. The summed E-state index contributed by atoms with van der Waals surface area (Å²) in [5.41, 5.74) is 1.42. The number of hydrogen-bond acceptors (Lipinski definition) is 2.